The highest BCUT2D eigenvalue weighted by Gasteiger charge is 2.31. The van der Waals surface area contributed by atoms with Crippen molar-refractivity contribution in [2.75, 3.05) is 5.32 Å². The third kappa shape index (κ3) is 3.97. The normalized spacial score (nSPS) is 15.6. The van der Waals surface area contributed by atoms with E-state index in [0.717, 1.165) is 22.4 Å². The van der Waals surface area contributed by atoms with Crippen LogP contribution in [0.1, 0.15) is 37.5 Å². The number of esters is 1. The molecule has 5 nitrogen and oxygen atoms in total. The van der Waals surface area contributed by atoms with E-state index in [4.69, 9.17) is 4.74 Å². The average molecular weight is 392 g/mol. The van der Waals surface area contributed by atoms with Crippen LogP contribution in [-0.2, 0) is 22.4 Å². The molecule has 2 heterocycles. The molecule has 0 saturated heterocycles. The number of benzene rings is 2. The minimum absolute atomic E-state index is 0.351. The lowest BCUT2D eigenvalue weighted by Gasteiger charge is -2.23. The summed E-state index contributed by atoms with van der Waals surface area (Å²) in [5.41, 5.74) is 4.78. The van der Waals surface area contributed by atoms with E-state index in [2.05, 4.69) is 35.4 Å². The third-order valence-corrected chi connectivity index (χ3v) is 5.59. The van der Waals surface area contributed by atoms with Crippen LogP contribution < -0.4 is 5.32 Å². The number of carbonyl (C=O) groups excluding carboxylic acids is 2. The molecule has 1 amide bonds. The van der Waals surface area contributed by atoms with Crippen molar-refractivity contribution in [1.82, 2.24) is 4.98 Å². The summed E-state index contributed by atoms with van der Waals surface area (Å²) >= 11 is 1.43. The van der Waals surface area contributed by atoms with Gasteiger partial charge >= 0.3 is 5.97 Å². The Hall–Kier alpha value is -2.99. The van der Waals surface area contributed by atoms with Gasteiger partial charge in [0.25, 0.3) is 5.91 Å². The third-order valence-electron chi connectivity index (χ3n) is 4.68. The van der Waals surface area contributed by atoms with Gasteiger partial charge in [0.15, 0.2) is 11.2 Å². The number of nitrogens with one attached hydrogen (secondary N) is 1. The quantitative estimate of drug-likeness (QED) is 0.680. The Morgan fingerprint density at radius 1 is 1.21 bits per heavy atom. The zero-order valence-electron chi connectivity index (χ0n) is 15.7. The number of cyclic esters (lactones) is 1. The molecule has 0 radical (unpaired) electrons. The lowest BCUT2D eigenvalue weighted by Crippen LogP contribution is -2.38. The van der Waals surface area contributed by atoms with Gasteiger partial charge in [-0.2, -0.15) is 0 Å². The number of thiazole rings is 1. The second-order valence-corrected chi connectivity index (χ2v) is 8.16. The molecule has 0 unspecified atom stereocenters. The highest BCUT2D eigenvalue weighted by molar-refractivity contribution is 7.15. The topological polar surface area (TPSA) is 68.3 Å². The maximum absolute atomic E-state index is 12.6. The molecule has 0 aliphatic carbocycles. The number of amides is 1. The summed E-state index contributed by atoms with van der Waals surface area (Å²) in [6.07, 6.45) is 2.06. The number of hydrogen-bond acceptors (Lipinski definition) is 5. The molecule has 0 bridgehead atoms. The SMILES string of the molecule is Cc1cccc(Cc2cnc(NC(=O)[C@H]3Cc4ccc(C)cc4C(=O)O3)s2)c1. The van der Waals surface area contributed by atoms with Crippen molar-refractivity contribution >= 4 is 28.3 Å². The fourth-order valence-corrected chi connectivity index (χ4v) is 4.14. The molecule has 6 heteroatoms. The minimum atomic E-state index is -0.841. The van der Waals surface area contributed by atoms with Gasteiger partial charge in [-0.05, 0) is 31.0 Å². The number of nitrogens with zero attached hydrogens (tertiary/aromatic N) is 1. The van der Waals surface area contributed by atoms with Gasteiger partial charge in [0, 0.05) is 23.9 Å². The summed E-state index contributed by atoms with van der Waals surface area (Å²) in [6.45, 7) is 3.98. The predicted molar refractivity (Wildman–Crippen MR) is 109 cm³/mol. The minimum Gasteiger partial charge on any atom is -0.448 e. The number of fused-ring (bicyclic) bond motifs is 1. The maximum atomic E-state index is 12.6. The summed E-state index contributed by atoms with van der Waals surface area (Å²) in [5.74, 6) is -0.805. The van der Waals surface area contributed by atoms with Crippen LogP contribution >= 0.6 is 11.3 Å². The van der Waals surface area contributed by atoms with Gasteiger partial charge in [-0.25, -0.2) is 9.78 Å². The number of carbonyl (C=O) groups is 2. The van der Waals surface area contributed by atoms with Crippen LogP contribution in [0.15, 0.2) is 48.7 Å². The first-order chi connectivity index (χ1) is 13.5. The lowest BCUT2D eigenvalue weighted by molar-refractivity contribution is -0.125. The van der Waals surface area contributed by atoms with Crippen LogP contribution in [0.4, 0.5) is 5.13 Å². The first-order valence-corrected chi connectivity index (χ1v) is 9.91. The number of anilines is 1. The van der Waals surface area contributed by atoms with Crippen molar-refractivity contribution < 1.29 is 14.3 Å². The van der Waals surface area contributed by atoms with Crippen molar-refractivity contribution in [3.63, 3.8) is 0 Å². The van der Waals surface area contributed by atoms with Crippen molar-refractivity contribution in [1.29, 1.82) is 0 Å². The van der Waals surface area contributed by atoms with Gasteiger partial charge in [0.2, 0.25) is 0 Å². The molecule has 0 fully saturated rings. The lowest BCUT2D eigenvalue weighted by atomic mass is 9.96. The number of ether oxygens (including phenoxy) is 1. The van der Waals surface area contributed by atoms with E-state index in [0.29, 0.717) is 17.1 Å². The van der Waals surface area contributed by atoms with Crippen LogP contribution in [0.2, 0.25) is 0 Å². The summed E-state index contributed by atoms with van der Waals surface area (Å²) in [6, 6.07) is 13.9. The molecule has 1 aromatic heterocycles. The van der Waals surface area contributed by atoms with Gasteiger partial charge in [0.1, 0.15) is 0 Å². The smallest absolute Gasteiger partial charge is 0.339 e. The van der Waals surface area contributed by atoms with Crippen LogP contribution in [0, 0.1) is 13.8 Å². The second-order valence-electron chi connectivity index (χ2n) is 7.05. The fourth-order valence-electron chi connectivity index (χ4n) is 3.29. The van der Waals surface area contributed by atoms with Gasteiger partial charge < -0.3 is 4.74 Å². The first-order valence-electron chi connectivity index (χ1n) is 9.09. The Bertz CT molecular complexity index is 1060. The summed E-state index contributed by atoms with van der Waals surface area (Å²) < 4.78 is 5.34. The molecule has 1 atom stereocenters. The van der Waals surface area contributed by atoms with Gasteiger partial charge in [-0.15, -0.1) is 11.3 Å². The standard InChI is InChI=1S/C22H20N2O3S/c1-13-4-3-5-15(8-13)10-17-12-23-22(28-17)24-20(25)19-11-16-7-6-14(2)9-18(16)21(26)27-19/h3-9,12,19H,10-11H2,1-2H3,(H,23,24,25)/t19-/m1/s1. The monoisotopic (exact) mass is 392 g/mol. The van der Waals surface area contributed by atoms with Crippen LogP contribution in [0.25, 0.3) is 0 Å². The van der Waals surface area contributed by atoms with Crippen LogP contribution in [0.3, 0.4) is 0 Å². The van der Waals surface area contributed by atoms with Crippen molar-refractivity contribution in [3.05, 3.63) is 81.4 Å². The van der Waals surface area contributed by atoms with E-state index in [-0.39, 0.29) is 5.91 Å². The van der Waals surface area contributed by atoms with Gasteiger partial charge in [0.05, 0.1) is 5.56 Å². The molecule has 28 heavy (non-hydrogen) atoms. The largest absolute Gasteiger partial charge is 0.448 e. The van der Waals surface area contributed by atoms with Crippen molar-refractivity contribution in [2.45, 2.75) is 32.8 Å². The molecule has 1 aliphatic heterocycles. The van der Waals surface area contributed by atoms with Crippen molar-refractivity contribution in [3.8, 4) is 0 Å². The summed E-state index contributed by atoms with van der Waals surface area (Å²) in [5, 5.41) is 3.30. The fraction of sp³-hybridized carbons (Fsp3) is 0.227. The molecule has 0 saturated carbocycles. The summed E-state index contributed by atoms with van der Waals surface area (Å²) in [4.78, 5) is 30.2. The zero-order chi connectivity index (χ0) is 19.7. The Morgan fingerprint density at radius 2 is 2.04 bits per heavy atom. The maximum Gasteiger partial charge on any atom is 0.339 e. The number of aromatic nitrogens is 1. The van der Waals surface area contributed by atoms with E-state index in [9.17, 15) is 9.59 Å². The molecule has 4 rings (SSSR count). The van der Waals surface area contributed by atoms with E-state index in [1.165, 1.54) is 22.5 Å². The molecule has 0 spiro atoms. The van der Waals surface area contributed by atoms with Crippen LogP contribution in [-0.4, -0.2) is 23.0 Å². The Morgan fingerprint density at radius 3 is 2.86 bits per heavy atom. The average Bonchev–Trinajstić information content (AvgIpc) is 3.09. The molecule has 3 aromatic rings. The number of aryl methyl sites for hydroxylation is 2. The molecule has 1 aliphatic rings. The highest BCUT2D eigenvalue weighted by atomic mass is 32.1. The summed E-state index contributed by atoms with van der Waals surface area (Å²) in [7, 11) is 0. The molecule has 142 valence electrons. The predicted octanol–water partition coefficient (Wildman–Crippen LogP) is 4.07. The first kappa shape index (κ1) is 18.4. The number of hydrogen-bond donors (Lipinski definition) is 1. The van der Waals surface area contributed by atoms with Crippen molar-refractivity contribution in [2.24, 2.45) is 0 Å². The highest BCUT2D eigenvalue weighted by Crippen LogP contribution is 2.25. The zero-order valence-corrected chi connectivity index (χ0v) is 16.5. The molecular formula is C22H20N2O3S. The van der Waals surface area contributed by atoms with E-state index in [1.807, 2.05) is 25.1 Å². The van der Waals surface area contributed by atoms with Crippen LogP contribution in [0.5, 0.6) is 0 Å². The van der Waals surface area contributed by atoms with Gasteiger partial charge in [-0.3, -0.25) is 10.1 Å². The Labute approximate surface area is 167 Å². The van der Waals surface area contributed by atoms with Gasteiger partial charge in [-0.1, -0.05) is 47.5 Å². The van der Waals surface area contributed by atoms with E-state index in [1.54, 1.807) is 12.3 Å². The Balaban J connectivity index is 1.42. The van der Waals surface area contributed by atoms with E-state index < -0.39 is 12.1 Å². The Kier molecular flexibility index (Phi) is 4.96. The number of rotatable bonds is 4. The molecule has 2 aromatic carbocycles. The second kappa shape index (κ2) is 7.56. The molecular weight excluding hydrogens is 372 g/mol. The molecule has 1 N–H and O–H groups in total. The van der Waals surface area contributed by atoms with E-state index >= 15 is 0 Å².